The number of hydrogen-bond donors (Lipinski definition) is 0. The molecule has 6 aromatic rings. The van der Waals surface area contributed by atoms with Crippen LogP contribution in [0.2, 0.25) is 0 Å². The predicted octanol–water partition coefficient (Wildman–Crippen LogP) is 18.8. The maximum atomic E-state index is 5.63. The van der Waals surface area contributed by atoms with Crippen molar-refractivity contribution in [2.24, 2.45) is 0 Å². The fourth-order valence-electron chi connectivity index (χ4n) is 14.6. The Bertz CT molecular complexity index is 4100. The Labute approximate surface area is 545 Å². The Morgan fingerprint density at radius 3 is 0.727 bits per heavy atom. The maximum absolute atomic E-state index is 5.63. The summed E-state index contributed by atoms with van der Waals surface area (Å²) in [6.45, 7) is 35.9. The van der Waals surface area contributed by atoms with E-state index in [1.807, 2.05) is 12.2 Å². The smallest absolute Gasteiger partial charge is 0.657 e. The first kappa shape index (κ1) is 67.0. The monoisotopic (exact) mass is 1250 g/mol. The van der Waals surface area contributed by atoms with Crippen molar-refractivity contribution in [1.29, 1.82) is 0 Å². The summed E-state index contributed by atoms with van der Waals surface area (Å²) in [5, 5.41) is 0. The van der Waals surface area contributed by atoms with Crippen molar-refractivity contribution in [3.8, 4) is 23.7 Å². The van der Waals surface area contributed by atoms with Crippen molar-refractivity contribution >= 4 is 88.7 Å². The van der Waals surface area contributed by atoms with E-state index in [2.05, 4.69) is 171 Å². The summed E-state index contributed by atoms with van der Waals surface area (Å²) in [6, 6.07) is 13.5. The van der Waals surface area contributed by atoms with Crippen LogP contribution in [-0.4, -0.2) is 19.9 Å². The van der Waals surface area contributed by atoms with Gasteiger partial charge in [0, 0.05) is 11.1 Å². The van der Waals surface area contributed by atoms with E-state index in [0.29, 0.717) is 0 Å². The SMILES string of the molecule is CCC1=C(CC)c2cc3[n-]c(c(C#C/C=C/C#Cc4c5nc(cc6[n-]c(cc7nc(cc8[n-]c4c(CC)c8CC)C(CC)=C7CC)c(CC)c6CC)C(CC)=C5CC)c4nc(cc5[n-]c(cc1n2)c(CC)c5CC)C(CC)=C4CC)c(CC)c3CC.[Ni+2].[Ni+2]. The molecule has 0 atom stereocenters. The van der Waals surface area contributed by atoms with Crippen LogP contribution in [0.4, 0.5) is 0 Å². The van der Waals surface area contributed by atoms with E-state index < -0.39 is 0 Å². The minimum atomic E-state index is 0. The molecule has 0 spiro atoms. The van der Waals surface area contributed by atoms with Crippen molar-refractivity contribution in [3.05, 3.63) is 150 Å². The molecule has 0 amide bonds. The number of nitrogens with zero attached hydrogens (tertiary/aromatic N) is 8. The van der Waals surface area contributed by atoms with Gasteiger partial charge in [0.1, 0.15) is 0 Å². The molecule has 0 saturated carbocycles. The molecule has 8 nitrogen and oxygen atoms in total. The molecule has 0 aliphatic carbocycles. The third-order valence-electron chi connectivity index (χ3n) is 18.5. The van der Waals surface area contributed by atoms with Crippen LogP contribution in [0.15, 0.2) is 48.6 Å². The second kappa shape index (κ2) is 29.1. The van der Waals surface area contributed by atoms with Gasteiger partial charge in [-0.1, -0.05) is 215 Å². The standard InChI is InChI=1S/C78H88N8.2Ni/c1-17-45-49(21-5)67-41-71-53(25-9)57(29-13)75(83-71)61(76-58(30-14)54(26-10)72(84-76)42-68-50(22-6)46(18-2)64(80-68)39-63(45)79-67)37-35-33-34-36-38-62-77-59(31-15)55(27-11)73(85-77)43-69-51(23-7)47(19-3)65(81-69)40-66-48(20-4)52(24-8)70(82-66)44-74-56(28-12)60(32-16)78(62)86-74;;/h33-34,39-44H,17-32H2,1-16H3;;/q-4;2*+2/b34-33+,63-39?,64-39?,65-40?,66-40?,67-41?,68-42?,69-43?,70-44?,71-41?,72-42?,73-43?,74-44?,75-61?,76-61?,77-62?,78-62?;;. The van der Waals surface area contributed by atoms with E-state index in [1.165, 1.54) is 89.1 Å². The fraction of sp³-hybridized carbons (Fsp3) is 0.410. The van der Waals surface area contributed by atoms with Gasteiger partial charge in [-0.05, 0) is 159 Å². The summed E-state index contributed by atoms with van der Waals surface area (Å²) >= 11 is 0. The molecule has 4 aliphatic heterocycles. The molecule has 10 heteroatoms. The third kappa shape index (κ3) is 11.8. The van der Waals surface area contributed by atoms with Gasteiger partial charge < -0.3 is 19.9 Å². The number of fused-ring (bicyclic) bond motifs is 16. The van der Waals surface area contributed by atoms with Crippen LogP contribution in [0.25, 0.3) is 88.7 Å². The zero-order valence-corrected chi connectivity index (χ0v) is 57.1. The third-order valence-corrected chi connectivity index (χ3v) is 18.5. The van der Waals surface area contributed by atoms with Gasteiger partial charge in [-0.15, -0.1) is 44.1 Å². The predicted molar refractivity (Wildman–Crippen MR) is 365 cm³/mol. The molecule has 0 fully saturated rings. The first-order valence-electron chi connectivity index (χ1n) is 32.9. The van der Waals surface area contributed by atoms with E-state index in [-0.39, 0.29) is 33.0 Å². The normalized spacial score (nSPS) is 13.1. The molecule has 16 bridgehead atoms. The summed E-state index contributed by atoms with van der Waals surface area (Å²) < 4.78 is 0. The molecule has 0 aromatic carbocycles. The molecule has 88 heavy (non-hydrogen) atoms. The topological polar surface area (TPSA) is 108 Å². The number of allylic oxidation sites excluding steroid dienone is 10. The van der Waals surface area contributed by atoms with Gasteiger partial charge in [0.05, 0.1) is 45.6 Å². The molecule has 0 N–H and O–H groups in total. The molecular weight excluding hydrogens is 1170 g/mol. The molecule has 6 aromatic heterocycles. The van der Waals surface area contributed by atoms with Crippen molar-refractivity contribution in [3.63, 3.8) is 0 Å². The van der Waals surface area contributed by atoms with Crippen molar-refractivity contribution in [2.75, 3.05) is 0 Å². The first-order valence-corrected chi connectivity index (χ1v) is 32.9. The minimum absolute atomic E-state index is 0. The Kier molecular flexibility index (Phi) is 22.2. The average Bonchev–Trinajstić information content (AvgIpc) is 1.73. The van der Waals surface area contributed by atoms with Gasteiger partial charge in [0.25, 0.3) is 0 Å². The van der Waals surface area contributed by atoms with Crippen molar-refractivity contribution < 1.29 is 33.0 Å². The second-order valence-corrected chi connectivity index (χ2v) is 22.7. The fourth-order valence-corrected chi connectivity index (χ4v) is 14.6. The van der Waals surface area contributed by atoms with Crippen LogP contribution in [0.5, 0.6) is 0 Å². The molecule has 0 saturated heterocycles. The van der Waals surface area contributed by atoms with Crippen LogP contribution in [0, 0.1) is 23.7 Å². The number of rotatable bonds is 16. The second-order valence-electron chi connectivity index (χ2n) is 22.7. The molecule has 10 rings (SSSR count). The van der Waals surface area contributed by atoms with E-state index in [0.717, 1.165) is 204 Å². The molecule has 0 unspecified atom stereocenters. The van der Waals surface area contributed by atoms with Crippen LogP contribution in [-0.2, 0) is 84.3 Å². The van der Waals surface area contributed by atoms with E-state index in [1.54, 1.807) is 0 Å². The van der Waals surface area contributed by atoms with Gasteiger partial charge in [0.2, 0.25) is 0 Å². The molecule has 10 heterocycles. The number of aromatic nitrogens is 8. The van der Waals surface area contributed by atoms with Gasteiger partial charge >= 0.3 is 33.0 Å². The number of aryl methyl sites for hydroxylation is 8. The zero-order chi connectivity index (χ0) is 61.1. The maximum Gasteiger partial charge on any atom is 2.00 e. The van der Waals surface area contributed by atoms with Crippen molar-refractivity contribution in [2.45, 2.75) is 214 Å². The summed E-state index contributed by atoms with van der Waals surface area (Å²) in [6.07, 6.45) is 17.4. The van der Waals surface area contributed by atoms with Gasteiger partial charge in [-0.3, -0.25) is 0 Å². The Morgan fingerprint density at radius 1 is 0.273 bits per heavy atom. The largest absolute Gasteiger partial charge is 2.00 e. The summed E-state index contributed by atoms with van der Waals surface area (Å²) in [7, 11) is 0. The first-order chi connectivity index (χ1) is 41.9. The Morgan fingerprint density at radius 2 is 0.489 bits per heavy atom. The summed E-state index contributed by atoms with van der Waals surface area (Å²) in [4.78, 5) is 44.2. The van der Waals surface area contributed by atoms with Crippen LogP contribution in [0.1, 0.15) is 263 Å². The Hall–Kier alpha value is -6.95. The zero-order valence-electron chi connectivity index (χ0n) is 55.1. The van der Waals surface area contributed by atoms with Gasteiger partial charge in [0.15, 0.2) is 0 Å². The molecule has 4 aliphatic rings. The van der Waals surface area contributed by atoms with E-state index >= 15 is 0 Å². The van der Waals surface area contributed by atoms with Crippen LogP contribution >= 0.6 is 0 Å². The summed E-state index contributed by atoms with van der Waals surface area (Å²) in [5.41, 5.74) is 37.2. The molecular formula is C78H88N8Ni2. The average molecular weight is 1260 g/mol. The molecule has 460 valence electrons. The van der Waals surface area contributed by atoms with Gasteiger partial charge in [-0.25, -0.2) is 19.9 Å². The minimum Gasteiger partial charge on any atom is -0.657 e. The van der Waals surface area contributed by atoms with Crippen molar-refractivity contribution in [1.82, 2.24) is 39.9 Å². The summed E-state index contributed by atoms with van der Waals surface area (Å²) in [5.74, 6) is 14.5. The van der Waals surface area contributed by atoms with E-state index in [4.69, 9.17) is 39.9 Å². The number of hydrogen-bond acceptors (Lipinski definition) is 4. The van der Waals surface area contributed by atoms with E-state index in [9.17, 15) is 0 Å². The van der Waals surface area contributed by atoms with Crippen LogP contribution in [0.3, 0.4) is 0 Å². The quantitative estimate of drug-likeness (QED) is 0.0697. The molecule has 0 radical (unpaired) electrons. The van der Waals surface area contributed by atoms with Gasteiger partial charge in [-0.2, -0.15) is 0 Å². The van der Waals surface area contributed by atoms with Crippen LogP contribution < -0.4 is 19.9 Å². The Balaban J connectivity index is 0.00000501.